The van der Waals surface area contributed by atoms with Gasteiger partial charge in [0.2, 0.25) is 0 Å². The summed E-state index contributed by atoms with van der Waals surface area (Å²) in [7, 11) is 0. The molecule has 3 N–H and O–H groups in total. The van der Waals surface area contributed by atoms with Crippen molar-refractivity contribution in [1.82, 2.24) is 4.90 Å². The number of nitrogen functional groups attached to an aromatic ring is 1. The minimum atomic E-state index is -0.414. The van der Waals surface area contributed by atoms with Crippen LogP contribution in [0.25, 0.3) is 0 Å². The number of anilines is 2. The van der Waals surface area contributed by atoms with Gasteiger partial charge in [0.05, 0.1) is 4.92 Å². The molecule has 0 aliphatic heterocycles. The molecule has 0 bridgehead atoms. The Morgan fingerprint density at radius 3 is 2.58 bits per heavy atom. The van der Waals surface area contributed by atoms with Gasteiger partial charge >= 0.3 is 0 Å². The Bertz CT molecular complexity index is 433. The lowest BCUT2D eigenvalue weighted by Gasteiger charge is -2.24. The molecule has 0 saturated heterocycles. The third-order valence-electron chi connectivity index (χ3n) is 3.05. The highest BCUT2D eigenvalue weighted by Gasteiger charge is 2.16. The lowest BCUT2D eigenvalue weighted by molar-refractivity contribution is -0.383. The summed E-state index contributed by atoms with van der Waals surface area (Å²) in [5, 5.41) is 14.2. The maximum absolute atomic E-state index is 11.0. The third-order valence-corrected chi connectivity index (χ3v) is 3.05. The van der Waals surface area contributed by atoms with Crippen LogP contribution in [0.1, 0.15) is 20.8 Å². The van der Waals surface area contributed by atoms with Gasteiger partial charge in [-0.3, -0.25) is 10.1 Å². The SMILES string of the molecule is CCN(CC)CC(C)Nc1ccc(N)cc1[N+](=O)[O-]. The molecular weight excluding hydrogens is 244 g/mol. The molecule has 6 nitrogen and oxygen atoms in total. The number of nitrogens with two attached hydrogens (primary N) is 1. The summed E-state index contributed by atoms with van der Waals surface area (Å²) >= 11 is 0. The van der Waals surface area contributed by atoms with Crippen molar-refractivity contribution in [1.29, 1.82) is 0 Å². The van der Waals surface area contributed by atoms with E-state index in [-0.39, 0.29) is 11.7 Å². The molecule has 6 heteroatoms. The zero-order valence-corrected chi connectivity index (χ0v) is 11.7. The minimum absolute atomic E-state index is 0.0198. The van der Waals surface area contributed by atoms with Gasteiger partial charge in [-0.05, 0) is 32.1 Å². The van der Waals surface area contributed by atoms with Crippen LogP contribution < -0.4 is 11.1 Å². The molecule has 1 aromatic rings. The van der Waals surface area contributed by atoms with Crippen LogP contribution in [-0.2, 0) is 0 Å². The zero-order valence-electron chi connectivity index (χ0n) is 11.7. The Morgan fingerprint density at radius 2 is 2.05 bits per heavy atom. The predicted octanol–water partition coefficient (Wildman–Crippen LogP) is 2.32. The molecule has 0 aliphatic carbocycles. The smallest absolute Gasteiger partial charge is 0.294 e. The molecular formula is C13H22N4O2. The number of nitrogens with one attached hydrogen (secondary N) is 1. The van der Waals surface area contributed by atoms with Crippen LogP contribution in [0.4, 0.5) is 17.1 Å². The van der Waals surface area contributed by atoms with Gasteiger partial charge in [0, 0.05) is 24.3 Å². The Hall–Kier alpha value is -1.82. The van der Waals surface area contributed by atoms with Gasteiger partial charge in [-0.25, -0.2) is 0 Å². The predicted molar refractivity (Wildman–Crippen MR) is 78.4 cm³/mol. The molecule has 106 valence electrons. The van der Waals surface area contributed by atoms with Crippen molar-refractivity contribution < 1.29 is 4.92 Å². The Labute approximate surface area is 113 Å². The first-order chi connectivity index (χ1) is 8.97. The monoisotopic (exact) mass is 266 g/mol. The number of benzene rings is 1. The summed E-state index contributed by atoms with van der Waals surface area (Å²) in [5.74, 6) is 0. The van der Waals surface area contributed by atoms with E-state index in [0.717, 1.165) is 19.6 Å². The van der Waals surface area contributed by atoms with Crippen molar-refractivity contribution in [2.75, 3.05) is 30.7 Å². The molecule has 1 atom stereocenters. The van der Waals surface area contributed by atoms with Gasteiger partial charge in [-0.2, -0.15) is 0 Å². The summed E-state index contributed by atoms with van der Waals surface area (Å²) in [4.78, 5) is 12.8. The molecule has 19 heavy (non-hydrogen) atoms. The Balaban J connectivity index is 2.78. The van der Waals surface area contributed by atoms with Gasteiger partial charge in [-0.1, -0.05) is 13.8 Å². The van der Waals surface area contributed by atoms with Gasteiger partial charge in [0.25, 0.3) is 5.69 Å². The molecule has 0 amide bonds. The van der Waals surface area contributed by atoms with Gasteiger partial charge in [0.15, 0.2) is 0 Å². The molecule has 1 aromatic carbocycles. The number of hydrogen-bond donors (Lipinski definition) is 2. The van der Waals surface area contributed by atoms with Crippen molar-refractivity contribution >= 4 is 17.1 Å². The summed E-state index contributed by atoms with van der Waals surface area (Å²) < 4.78 is 0. The average molecular weight is 266 g/mol. The molecule has 0 heterocycles. The molecule has 1 unspecified atom stereocenters. The fourth-order valence-electron chi connectivity index (χ4n) is 2.00. The fraction of sp³-hybridized carbons (Fsp3) is 0.538. The summed E-state index contributed by atoms with van der Waals surface area (Å²) in [6, 6.07) is 4.83. The van der Waals surface area contributed by atoms with Crippen molar-refractivity contribution in [2.45, 2.75) is 26.8 Å². The van der Waals surface area contributed by atoms with Crippen LogP contribution in [0, 0.1) is 10.1 Å². The highest BCUT2D eigenvalue weighted by atomic mass is 16.6. The highest BCUT2D eigenvalue weighted by molar-refractivity contribution is 5.67. The van der Waals surface area contributed by atoms with E-state index in [0.29, 0.717) is 11.4 Å². The van der Waals surface area contributed by atoms with Crippen molar-refractivity contribution in [2.24, 2.45) is 0 Å². The topological polar surface area (TPSA) is 84.4 Å². The number of hydrogen-bond acceptors (Lipinski definition) is 5. The number of nitro benzene ring substituents is 1. The lowest BCUT2D eigenvalue weighted by Crippen LogP contribution is -2.34. The van der Waals surface area contributed by atoms with E-state index < -0.39 is 4.92 Å². The summed E-state index contributed by atoms with van der Waals surface area (Å²) in [6.07, 6.45) is 0. The first-order valence-electron chi connectivity index (χ1n) is 6.50. The van der Waals surface area contributed by atoms with Crippen LogP contribution in [0.15, 0.2) is 18.2 Å². The number of nitrogens with zero attached hydrogens (tertiary/aromatic N) is 2. The van der Waals surface area contributed by atoms with E-state index in [1.807, 2.05) is 6.92 Å². The minimum Gasteiger partial charge on any atom is -0.399 e. The largest absolute Gasteiger partial charge is 0.399 e. The molecule has 0 saturated carbocycles. The van der Waals surface area contributed by atoms with Crippen LogP contribution in [0.2, 0.25) is 0 Å². The quantitative estimate of drug-likeness (QED) is 0.449. The van der Waals surface area contributed by atoms with E-state index in [4.69, 9.17) is 5.73 Å². The lowest BCUT2D eigenvalue weighted by atomic mass is 10.2. The molecule has 0 fully saturated rings. The van der Waals surface area contributed by atoms with Gasteiger partial charge in [0.1, 0.15) is 5.69 Å². The van der Waals surface area contributed by atoms with Crippen molar-refractivity contribution in [3.63, 3.8) is 0 Å². The summed E-state index contributed by atoms with van der Waals surface area (Å²) in [6.45, 7) is 8.98. The van der Waals surface area contributed by atoms with Crippen LogP contribution in [0.5, 0.6) is 0 Å². The number of rotatable bonds is 7. The second-order valence-electron chi connectivity index (χ2n) is 4.56. The van der Waals surface area contributed by atoms with Crippen molar-refractivity contribution in [3.05, 3.63) is 28.3 Å². The molecule has 0 aliphatic rings. The molecule has 1 rings (SSSR count). The van der Waals surface area contributed by atoms with Crippen LogP contribution in [0.3, 0.4) is 0 Å². The fourth-order valence-corrected chi connectivity index (χ4v) is 2.00. The first-order valence-corrected chi connectivity index (χ1v) is 6.50. The van der Waals surface area contributed by atoms with E-state index in [9.17, 15) is 10.1 Å². The third kappa shape index (κ3) is 4.40. The Morgan fingerprint density at radius 1 is 1.42 bits per heavy atom. The number of likely N-dealkylation sites (N-methyl/N-ethyl adjacent to an activating group) is 1. The second-order valence-corrected chi connectivity index (χ2v) is 4.56. The van der Waals surface area contributed by atoms with E-state index >= 15 is 0 Å². The van der Waals surface area contributed by atoms with Crippen molar-refractivity contribution in [3.8, 4) is 0 Å². The number of nitro groups is 1. The Kier molecular flexibility index (Phi) is 5.57. The van der Waals surface area contributed by atoms with E-state index in [1.165, 1.54) is 6.07 Å². The first kappa shape index (κ1) is 15.2. The zero-order chi connectivity index (χ0) is 14.4. The van der Waals surface area contributed by atoms with Gasteiger partial charge < -0.3 is 16.0 Å². The molecule has 0 spiro atoms. The maximum atomic E-state index is 11.0. The van der Waals surface area contributed by atoms with E-state index in [1.54, 1.807) is 12.1 Å². The second kappa shape index (κ2) is 6.94. The normalized spacial score (nSPS) is 12.4. The maximum Gasteiger partial charge on any atom is 0.294 e. The van der Waals surface area contributed by atoms with E-state index in [2.05, 4.69) is 24.1 Å². The van der Waals surface area contributed by atoms with Crippen LogP contribution >= 0.6 is 0 Å². The average Bonchev–Trinajstić information content (AvgIpc) is 2.37. The van der Waals surface area contributed by atoms with Gasteiger partial charge in [-0.15, -0.1) is 0 Å². The van der Waals surface area contributed by atoms with Crippen LogP contribution in [-0.4, -0.2) is 35.5 Å². The molecule has 0 aromatic heterocycles. The highest BCUT2D eigenvalue weighted by Crippen LogP contribution is 2.27. The standard InChI is InChI=1S/C13H22N4O2/c1-4-16(5-2)9-10(3)15-12-7-6-11(14)8-13(12)17(18)19/h6-8,10,15H,4-5,9,14H2,1-3H3. The summed E-state index contributed by atoms with van der Waals surface area (Å²) in [5.41, 5.74) is 6.51. The molecule has 0 radical (unpaired) electrons.